The summed E-state index contributed by atoms with van der Waals surface area (Å²) >= 11 is 0. The summed E-state index contributed by atoms with van der Waals surface area (Å²) in [4.78, 5) is 15.2. The minimum atomic E-state index is 0.706. The van der Waals surface area contributed by atoms with Crippen LogP contribution in [0.2, 0.25) is 0 Å². The van der Waals surface area contributed by atoms with Crippen molar-refractivity contribution in [1.82, 2.24) is 15.0 Å². The van der Waals surface area contributed by atoms with Gasteiger partial charge in [-0.1, -0.05) is 182 Å². The van der Waals surface area contributed by atoms with Crippen molar-refractivity contribution in [3.05, 3.63) is 200 Å². The summed E-state index contributed by atoms with van der Waals surface area (Å²) in [6.45, 7) is 0. The molecule has 2 heterocycles. The fourth-order valence-electron chi connectivity index (χ4n) is 7.54. The van der Waals surface area contributed by atoms with Gasteiger partial charge in [0.25, 0.3) is 0 Å². The number of para-hydroxylation sites is 1. The molecule has 0 radical (unpaired) electrons. The van der Waals surface area contributed by atoms with Crippen molar-refractivity contribution in [2.45, 2.75) is 0 Å². The number of hydrogen-bond acceptors (Lipinski definition) is 3. The Bertz CT molecular complexity index is 2880. The average molecular weight is 688 g/mol. The van der Waals surface area contributed by atoms with E-state index in [0.717, 1.165) is 67.1 Å². The molecule has 252 valence electrons. The quantitative estimate of drug-likeness (QED) is 0.163. The molecule has 10 aromatic rings. The zero-order valence-corrected chi connectivity index (χ0v) is 29.4. The lowest BCUT2D eigenvalue weighted by Gasteiger charge is -2.13. The monoisotopic (exact) mass is 687 g/mol. The fourth-order valence-corrected chi connectivity index (χ4v) is 7.54. The number of fused-ring (bicyclic) bond motifs is 5. The number of pyridine rings is 1. The van der Waals surface area contributed by atoms with Crippen LogP contribution in [0.3, 0.4) is 0 Å². The highest BCUT2D eigenvalue weighted by Gasteiger charge is 2.14. The Kier molecular flexibility index (Phi) is 7.81. The smallest absolute Gasteiger partial charge is 0.160 e. The molecule has 0 spiro atoms. The summed E-state index contributed by atoms with van der Waals surface area (Å²) in [6.07, 6.45) is 0. The highest BCUT2D eigenvalue weighted by molar-refractivity contribution is 6.22. The molecule has 0 unspecified atom stereocenters. The lowest BCUT2D eigenvalue weighted by atomic mass is 9.94. The van der Waals surface area contributed by atoms with E-state index < -0.39 is 0 Å². The molecule has 0 saturated carbocycles. The Hall–Kier alpha value is -7.23. The third kappa shape index (κ3) is 5.78. The van der Waals surface area contributed by atoms with Crippen LogP contribution in [-0.2, 0) is 0 Å². The van der Waals surface area contributed by atoms with E-state index in [9.17, 15) is 0 Å². The Labute approximate surface area is 313 Å². The number of hydrogen-bond donors (Lipinski definition) is 0. The molecule has 0 aliphatic carbocycles. The van der Waals surface area contributed by atoms with Crippen LogP contribution >= 0.6 is 0 Å². The molecule has 8 aromatic carbocycles. The molecule has 0 fully saturated rings. The van der Waals surface area contributed by atoms with E-state index in [-0.39, 0.29) is 0 Å². The van der Waals surface area contributed by atoms with Crippen molar-refractivity contribution in [1.29, 1.82) is 0 Å². The van der Waals surface area contributed by atoms with Gasteiger partial charge in [0.15, 0.2) is 5.82 Å². The average Bonchev–Trinajstić information content (AvgIpc) is 3.26. The van der Waals surface area contributed by atoms with Gasteiger partial charge in [-0.25, -0.2) is 15.0 Å². The molecule has 0 bridgehead atoms. The first-order valence-electron chi connectivity index (χ1n) is 18.3. The van der Waals surface area contributed by atoms with Gasteiger partial charge in [-0.2, -0.15) is 0 Å². The Morgan fingerprint density at radius 1 is 0.278 bits per heavy atom. The van der Waals surface area contributed by atoms with Crippen LogP contribution in [0.1, 0.15) is 0 Å². The normalized spacial score (nSPS) is 11.3. The summed E-state index contributed by atoms with van der Waals surface area (Å²) in [7, 11) is 0. The maximum Gasteiger partial charge on any atom is 0.160 e. The van der Waals surface area contributed by atoms with Gasteiger partial charge in [0, 0.05) is 38.4 Å². The largest absolute Gasteiger partial charge is 0.247 e. The number of benzene rings is 8. The van der Waals surface area contributed by atoms with Crippen LogP contribution in [0.25, 0.3) is 99.9 Å². The molecular weight excluding hydrogens is 655 g/mol. The predicted octanol–water partition coefficient (Wildman–Crippen LogP) is 13.3. The second-order valence-electron chi connectivity index (χ2n) is 13.6. The van der Waals surface area contributed by atoms with Gasteiger partial charge < -0.3 is 0 Å². The van der Waals surface area contributed by atoms with E-state index >= 15 is 0 Å². The van der Waals surface area contributed by atoms with Crippen LogP contribution in [-0.4, -0.2) is 15.0 Å². The first-order valence-corrected chi connectivity index (χ1v) is 18.3. The second-order valence-corrected chi connectivity index (χ2v) is 13.6. The zero-order chi connectivity index (χ0) is 35.8. The van der Waals surface area contributed by atoms with Gasteiger partial charge in [-0.05, 0) is 51.2 Å². The maximum atomic E-state index is 5.20. The number of nitrogens with zero attached hydrogens (tertiary/aromatic N) is 3. The van der Waals surface area contributed by atoms with Crippen LogP contribution in [0, 0.1) is 0 Å². The third-order valence-electron chi connectivity index (χ3n) is 10.3. The van der Waals surface area contributed by atoms with Gasteiger partial charge >= 0.3 is 0 Å². The molecule has 0 aliphatic heterocycles. The lowest BCUT2D eigenvalue weighted by Crippen LogP contribution is -1.95. The Balaban J connectivity index is 0.974. The molecule has 0 saturated heterocycles. The van der Waals surface area contributed by atoms with Gasteiger partial charge in [0.1, 0.15) is 0 Å². The third-order valence-corrected chi connectivity index (χ3v) is 10.3. The first kappa shape index (κ1) is 31.5. The maximum absolute atomic E-state index is 5.20. The number of rotatable bonds is 6. The van der Waals surface area contributed by atoms with Crippen LogP contribution in [0.4, 0.5) is 0 Å². The summed E-state index contributed by atoms with van der Waals surface area (Å²) in [6, 6.07) is 70.3. The van der Waals surface area contributed by atoms with Gasteiger partial charge in [-0.3, -0.25) is 0 Å². The molecular formula is C51H33N3. The van der Waals surface area contributed by atoms with Crippen molar-refractivity contribution in [2.24, 2.45) is 0 Å². The van der Waals surface area contributed by atoms with Gasteiger partial charge in [-0.15, -0.1) is 0 Å². The van der Waals surface area contributed by atoms with E-state index in [1.165, 1.54) is 26.9 Å². The lowest BCUT2D eigenvalue weighted by molar-refractivity contribution is 1.18. The van der Waals surface area contributed by atoms with Crippen molar-refractivity contribution in [2.75, 3.05) is 0 Å². The summed E-state index contributed by atoms with van der Waals surface area (Å²) in [5.41, 5.74) is 12.6. The molecule has 0 aliphatic rings. The molecule has 54 heavy (non-hydrogen) atoms. The van der Waals surface area contributed by atoms with Crippen molar-refractivity contribution in [3.63, 3.8) is 0 Å². The summed E-state index contributed by atoms with van der Waals surface area (Å²) in [5.74, 6) is 0.706. The molecule has 10 rings (SSSR count). The standard InChI is InChI=1S/C51H33N3/c1-3-13-37(14-4-1)47-33-48(38-15-5-2-6-16-38)54-51(53-47)40-28-24-35(25-29-40)42-18-11-17-41(32-42)34-22-26-39(27-23-34)50-45-31-30-36-12-7-8-19-43(36)49(45)44-20-9-10-21-46(44)52-50/h1-33H. The number of aromatic nitrogens is 3. The van der Waals surface area contributed by atoms with E-state index in [0.29, 0.717) is 5.82 Å². The van der Waals surface area contributed by atoms with E-state index in [4.69, 9.17) is 15.0 Å². The minimum Gasteiger partial charge on any atom is -0.247 e. The molecule has 3 nitrogen and oxygen atoms in total. The SMILES string of the molecule is c1ccc(-c2cc(-c3ccccc3)nc(-c3ccc(-c4cccc(-c5ccc(-c6nc7ccccc7c7c6ccc6ccccc67)cc5)c4)cc3)n2)cc1. The Morgan fingerprint density at radius 2 is 0.796 bits per heavy atom. The molecule has 3 heteroatoms. The summed E-state index contributed by atoms with van der Waals surface area (Å²) in [5, 5.41) is 6.09. The highest BCUT2D eigenvalue weighted by Crippen LogP contribution is 2.38. The first-order chi connectivity index (χ1) is 26.7. The predicted molar refractivity (Wildman–Crippen MR) is 225 cm³/mol. The van der Waals surface area contributed by atoms with E-state index in [1.807, 2.05) is 36.4 Å². The summed E-state index contributed by atoms with van der Waals surface area (Å²) < 4.78 is 0. The molecule has 0 atom stereocenters. The molecule has 0 N–H and O–H groups in total. The van der Waals surface area contributed by atoms with E-state index in [2.05, 4.69) is 164 Å². The van der Waals surface area contributed by atoms with Gasteiger partial charge in [0.05, 0.1) is 22.6 Å². The Morgan fingerprint density at radius 3 is 1.44 bits per heavy atom. The highest BCUT2D eigenvalue weighted by atomic mass is 14.9. The van der Waals surface area contributed by atoms with Crippen molar-refractivity contribution < 1.29 is 0 Å². The van der Waals surface area contributed by atoms with Crippen molar-refractivity contribution >= 4 is 32.4 Å². The second kappa shape index (κ2) is 13.4. The topological polar surface area (TPSA) is 38.7 Å². The molecule has 0 amide bonds. The van der Waals surface area contributed by atoms with Crippen LogP contribution < -0.4 is 0 Å². The fraction of sp³-hybridized carbons (Fsp3) is 0. The van der Waals surface area contributed by atoms with E-state index in [1.54, 1.807) is 0 Å². The zero-order valence-electron chi connectivity index (χ0n) is 29.4. The minimum absolute atomic E-state index is 0.706. The van der Waals surface area contributed by atoms with Crippen LogP contribution in [0.5, 0.6) is 0 Å². The van der Waals surface area contributed by atoms with Gasteiger partial charge in [0.2, 0.25) is 0 Å². The molecule has 2 aromatic heterocycles. The van der Waals surface area contributed by atoms with Crippen LogP contribution in [0.15, 0.2) is 200 Å². The van der Waals surface area contributed by atoms with Crippen molar-refractivity contribution in [3.8, 4) is 67.4 Å².